The summed E-state index contributed by atoms with van der Waals surface area (Å²) in [5, 5.41) is 15.3. The van der Waals surface area contributed by atoms with Gasteiger partial charge in [-0.15, -0.1) is 0 Å². The Morgan fingerprint density at radius 3 is 2.72 bits per heavy atom. The van der Waals surface area contributed by atoms with Gasteiger partial charge in [-0.2, -0.15) is 10.4 Å². The lowest BCUT2D eigenvalue weighted by Gasteiger charge is -2.07. The van der Waals surface area contributed by atoms with Crippen LogP contribution in [0.1, 0.15) is 5.82 Å². The van der Waals surface area contributed by atoms with Crippen LogP contribution >= 0.6 is 0 Å². The van der Waals surface area contributed by atoms with E-state index >= 15 is 0 Å². The summed E-state index contributed by atoms with van der Waals surface area (Å²) in [5.41, 5.74) is 0.799. The van der Waals surface area contributed by atoms with Crippen LogP contribution in [0.4, 0.5) is 0 Å². The Bertz CT molecular complexity index is 586. The second-order valence-electron chi connectivity index (χ2n) is 3.51. The maximum Gasteiger partial charge on any atom is 0.181 e. The smallest absolute Gasteiger partial charge is 0.181 e. The van der Waals surface area contributed by atoms with E-state index in [0.717, 1.165) is 5.56 Å². The highest BCUT2D eigenvalue weighted by Crippen LogP contribution is 2.30. The van der Waals surface area contributed by atoms with Gasteiger partial charge in [0.1, 0.15) is 5.82 Å². The number of nitriles is 1. The molecule has 0 saturated heterocycles. The van der Waals surface area contributed by atoms with Gasteiger partial charge in [0.2, 0.25) is 0 Å². The summed E-state index contributed by atoms with van der Waals surface area (Å²) in [5.74, 6) is 2.33. The number of nitrogens with one attached hydrogen (secondary N) is 1. The number of nitrogens with zero attached hydrogens (tertiary/aromatic N) is 3. The molecule has 2 aromatic rings. The molecule has 0 radical (unpaired) electrons. The minimum atomic E-state index is 0.209. The summed E-state index contributed by atoms with van der Waals surface area (Å²) in [4.78, 5) is 4.22. The summed E-state index contributed by atoms with van der Waals surface area (Å²) in [6.45, 7) is 0. The number of H-pyrrole nitrogens is 1. The van der Waals surface area contributed by atoms with Crippen LogP contribution in [-0.2, 0) is 6.42 Å². The molecule has 1 aromatic carbocycles. The van der Waals surface area contributed by atoms with Gasteiger partial charge in [-0.05, 0) is 18.2 Å². The lowest BCUT2D eigenvalue weighted by atomic mass is 10.2. The van der Waals surface area contributed by atoms with E-state index in [4.69, 9.17) is 14.7 Å². The molecular weight excluding hydrogens is 232 g/mol. The number of hydrogen-bond acceptors (Lipinski definition) is 5. The van der Waals surface area contributed by atoms with E-state index in [9.17, 15) is 0 Å². The van der Waals surface area contributed by atoms with Crippen molar-refractivity contribution >= 4 is 0 Å². The van der Waals surface area contributed by atoms with Crippen molar-refractivity contribution in [2.75, 3.05) is 14.2 Å². The van der Waals surface area contributed by atoms with Crippen molar-refractivity contribution in [2.24, 2.45) is 0 Å². The van der Waals surface area contributed by atoms with E-state index in [1.54, 1.807) is 26.4 Å². The summed E-state index contributed by atoms with van der Waals surface area (Å²) < 4.78 is 10.4. The molecule has 0 amide bonds. The Balaban J connectivity index is 2.35. The highest BCUT2D eigenvalue weighted by atomic mass is 16.5. The fourth-order valence-electron chi connectivity index (χ4n) is 1.55. The number of ether oxygens (including phenoxy) is 2. The lowest BCUT2D eigenvalue weighted by molar-refractivity contribution is 0.355. The van der Waals surface area contributed by atoms with E-state index in [0.29, 0.717) is 23.1 Å². The van der Waals surface area contributed by atoms with E-state index < -0.39 is 0 Å². The van der Waals surface area contributed by atoms with Gasteiger partial charge in [-0.25, -0.2) is 4.98 Å². The lowest BCUT2D eigenvalue weighted by Crippen LogP contribution is -1.91. The Labute approximate surface area is 104 Å². The molecule has 1 N–H and O–H groups in total. The zero-order valence-corrected chi connectivity index (χ0v) is 10.1. The minimum absolute atomic E-state index is 0.209. The fourth-order valence-corrected chi connectivity index (χ4v) is 1.55. The molecule has 6 heteroatoms. The van der Waals surface area contributed by atoms with E-state index in [1.165, 1.54) is 0 Å². The van der Waals surface area contributed by atoms with Crippen LogP contribution in [0.25, 0.3) is 11.4 Å². The van der Waals surface area contributed by atoms with Crippen molar-refractivity contribution in [1.82, 2.24) is 15.2 Å². The maximum absolute atomic E-state index is 8.58. The van der Waals surface area contributed by atoms with Crippen molar-refractivity contribution in [2.45, 2.75) is 6.42 Å². The second kappa shape index (κ2) is 5.19. The van der Waals surface area contributed by atoms with E-state index in [2.05, 4.69) is 15.2 Å². The number of benzene rings is 1. The number of methoxy groups -OCH3 is 2. The third-order valence-corrected chi connectivity index (χ3v) is 2.42. The number of aromatic nitrogens is 3. The third-order valence-electron chi connectivity index (χ3n) is 2.42. The quantitative estimate of drug-likeness (QED) is 0.882. The Kier molecular flexibility index (Phi) is 3.44. The summed E-state index contributed by atoms with van der Waals surface area (Å²) >= 11 is 0. The molecule has 0 bridgehead atoms. The van der Waals surface area contributed by atoms with Crippen molar-refractivity contribution in [3.8, 4) is 29.0 Å². The van der Waals surface area contributed by atoms with Crippen LogP contribution in [0.2, 0.25) is 0 Å². The van der Waals surface area contributed by atoms with E-state index in [-0.39, 0.29) is 6.42 Å². The molecular formula is C12H12N4O2. The first-order chi connectivity index (χ1) is 8.78. The molecule has 2 rings (SSSR count). The first kappa shape index (κ1) is 11.9. The molecule has 18 heavy (non-hydrogen) atoms. The molecule has 0 aliphatic heterocycles. The zero-order chi connectivity index (χ0) is 13.0. The molecule has 0 fully saturated rings. The van der Waals surface area contributed by atoms with Crippen LogP contribution in [0.5, 0.6) is 11.5 Å². The first-order valence-corrected chi connectivity index (χ1v) is 5.29. The number of hydrogen-bond donors (Lipinski definition) is 1. The normalized spacial score (nSPS) is 9.83. The number of aromatic amines is 1. The second-order valence-corrected chi connectivity index (χ2v) is 3.51. The SMILES string of the molecule is COc1ccc(-c2n[nH]c(CC#N)n2)cc1OC. The van der Waals surface area contributed by atoms with Gasteiger partial charge in [-0.1, -0.05) is 0 Å². The highest BCUT2D eigenvalue weighted by molar-refractivity contribution is 5.60. The van der Waals surface area contributed by atoms with Gasteiger partial charge in [-0.3, -0.25) is 5.10 Å². The number of rotatable bonds is 4. The Hall–Kier alpha value is -2.55. The summed E-state index contributed by atoms with van der Waals surface area (Å²) in [6, 6.07) is 7.42. The molecule has 6 nitrogen and oxygen atoms in total. The monoisotopic (exact) mass is 244 g/mol. The van der Waals surface area contributed by atoms with Crippen molar-refractivity contribution < 1.29 is 9.47 Å². The first-order valence-electron chi connectivity index (χ1n) is 5.29. The minimum Gasteiger partial charge on any atom is -0.493 e. The van der Waals surface area contributed by atoms with E-state index in [1.807, 2.05) is 12.1 Å². The standard InChI is InChI=1S/C12H12N4O2/c1-17-9-4-3-8(7-10(9)18-2)12-14-11(5-6-13)15-16-12/h3-4,7H,5H2,1-2H3,(H,14,15,16). The van der Waals surface area contributed by atoms with Crippen LogP contribution in [-0.4, -0.2) is 29.4 Å². The summed E-state index contributed by atoms with van der Waals surface area (Å²) in [7, 11) is 3.15. The molecule has 0 aliphatic rings. The van der Waals surface area contributed by atoms with Crippen LogP contribution in [0, 0.1) is 11.3 Å². The molecule has 1 aromatic heterocycles. The average Bonchev–Trinajstić information content (AvgIpc) is 2.87. The predicted molar refractivity (Wildman–Crippen MR) is 64.2 cm³/mol. The molecule has 0 unspecified atom stereocenters. The van der Waals surface area contributed by atoms with Crippen LogP contribution in [0.15, 0.2) is 18.2 Å². The van der Waals surface area contributed by atoms with Crippen molar-refractivity contribution in [3.05, 3.63) is 24.0 Å². The largest absolute Gasteiger partial charge is 0.493 e. The van der Waals surface area contributed by atoms with Crippen LogP contribution in [0.3, 0.4) is 0 Å². The van der Waals surface area contributed by atoms with Gasteiger partial charge < -0.3 is 9.47 Å². The molecule has 0 saturated carbocycles. The van der Waals surface area contributed by atoms with Gasteiger partial charge in [0.15, 0.2) is 17.3 Å². The topological polar surface area (TPSA) is 83.8 Å². The highest BCUT2D eigenvalue weighted by Gasteiger charge is 2.10. The summed E-state index contributed by atoms with van der Waals surface area (Å²) in [6.07, 6.45) is 0.209. The van der Waals surface area contributed by atoms with Crippen molar-refractivity contribution in [1.29, 1.82) is 5.26 Å². The van der Waals surface area contributed by atoms with Gasteiger partial charge in [0, 0.05) is 5.56 Å². The molecule has 92 valence electrons. The molecule has 0 atom stereocenters. The molecule has 0 aliphatic carbocycles. The van der Waals surface area contributed by atoms with Gasteiger partial charge >= 0.3 is 0 Å². The zero-order valence-electron chi connectivity index (χ0n) is 10.1. The third kappa shape index (κ3) is 2.25. The maximum atomic E-state index is 8.58. The van der Waals surface area contributed by atoms with Crippen molar-refractivity contribution in [3.63, 3.8) is 0 Å². The van der Waals surface area contributed by atoms with Gasteiger partial charge in [0.25, 0.3) is 0 Å². The van der Waals surface area contributed by atoms with Gasteiger partial charge in [0.05, 0.1) is 26.7 Å². The fraction of sp³-hybridized carbons (Fsp3) is 0.250. The van der Waals surface area contributed by atoms with Crippen LogP contribution < -0.4 is 9.47 Å². The molecule has 0 spiro atoms. The average molecular weight is 244 g/mol. The Morgan fingerprint density at radius 2 is 2.06 bits per heavy atom. The molecule has 1 heterocycles. The predicted octanol–water partition coefficient (Wildman–Crippen LogP) is 1.55. The Morgan fingerprint density at radius 1 is 1.28 bits per heavy atom.